The van der Waals surface area contributed by atoms with Gasteiger partial charge in [-0.3, -0.25) is 8.98 Å². The fourth-order valence-corrected chi connectivity index (χ4v) is 3.46. The summed E-state index contributed by atoms with van der Waals surface area (Å²) in [5.74, 6) is -0.738. The molecule has 0 fully saturated rings. The van der Waals surface area contributed by atoms with Crippen molar-refractivity contribution in [2.45, 2.75) is 82.8 Å². The van der Waals surface area contributed by atoms with E-state index < -0.39 is 21.3 Å². The van der Waals surface area contributed by atoms with Crippen molar-refractivity contribution >= 4 is 45.6 Å². The van der Waals surface area contributed by atoms with Crippen LogP contribution >= 0.6 is 0 Å². The van der Waals surface area contributed by atoms with Gasteiger partial charge in [-0.25, -0.2) is 0 Å². The second-order valence-electron chi connectivity index (χ2n) is 5.64. The van der Waals surface area contributed by atoms with Gasteiger partial charge in [-0.2, -0.15) is 8.42 Å². The molecule has 23 heavy (non-hydrogen) atoms. The third-order valence-electron chi connectivity index (χ3n) is 3.86. The van der Waals surface area contributed by atoms with Crippen molar-refractivity contribution in [1.82, 2.24) is 0 Å². The van der Waals surface area contributed by atoms with Gasteiger partial charge < -0.3 is 4.74 Å². The maximum atomic E-state index is 11.7. The zero-order valence-electron chi connectivity index (χ0n) is 14.3. The van der Waals surface area contributed by atoms with Crippen LogP contribution in [0.2, 0.25) is 0 Å². The molecule has 0 aromatic rings. The molecule has 0 aliphatic rings. The molecular formula is C16H33NaO5S. The molecule has 0 aromatic carbocycles. The fourth-order valence-electron chi connectivity index (χ4n) is 2.44. The summed E-state index contributed by atoms with van der Waals surface area (Å²) in [6.45, 7) is 2.21. The van der Waals surface area contributed by atoms with E-state index >= 15 is 0 Å². The quantitative estimate of drug-likeness (QED) is 0.206. The number of ether oxygens (including phenoxy) is 1. The molecule has 0 aliphatic heterocycles. The molecule has 0 heterocycles. The van der Waals surface area contributed by atoms with Crippen LogP contribution in [0.5, 0.6) is 0 Å². The van der Waals surface area contributed by atoms with Crippen LogP contribution in [0.1, 0.15) is 77.6 Å². The van der Waals surface area contributed by atoms with Crippen molar-refractivity contribution in [2.24, 2.45) is 0 Å². The normalized spacial score (nSPS) is 12.5. The Bertz CT molecular complexity index is 384. The van der Waals surface area contributed by atoms with Gasteiger partial charge in [0.2, 0.25) is 0 Å². The van der Waals surface area contributed by atoms with Crippen LogP contribution in [-0.4, -0.2) is 63.4 Å². The molecule has 0 saturated heterocycles. The van der Waals surface area contributed by atoms with E-state index in [0.29, 0.717) is 6.42 Å². The summed E-state index contributed by atoms with van der Waals surface area (Å²) < 4.78 is 32.3. The Morgan fingerprint density at radius 1 is 0.870 bits per heavy atom. The molecule has 134 valence electrons. The van der Waals surface area contributed by atoms with Crippen molar-refractivity contribution < 1.29 is 22.1 Å². The van der Waals surface area contributed by atoms with E-state index in [1.54, 1.807) is 0 Å². The Hall–Kier alpha value is 0.380. The average molecular weight is 360 g/mol. The average Bonchev–Trinajstić information content (AvgIpc) is 2.51. The summed E-state index contributed by atoms with van der Waals surface area (Å²) in [7, 11) is -1.59. The summed E-state index contributed by atoms with van der Waals surface area (Å²) in [5.41, 5.74) is 0. The minimum atomic E-state index is -3.86. The molecule has 0 saturated carbocycles. The van der Waals surface area contributed by atoms with Crippen molar-refractivity contribution in [3.63, 3.8) is 0 Å². The number of esters is 1. The Morgan fingerprint density at radius 2 is 1.30 bits per heavy atom. The van der Waals surface area contributed by atoms with Gasteiger partial charge in [0, 0.05) is 0 Å². The molecule has 7 heteroatoms. The molecule has 0 amide bonds. The first-order chi connectivity index (χ1) is 10.5. The number of methoxy groups -OCH3 is 1. The number of carbonyl (C=O) groups is 1. The van der Waals surface area contributed by atoms with Gasteiger partial charge in [0.15, 0.2) is 5.25 Å². The standard InChI is InChI=1S/C16H32O5S.Na.H/c1-4-5-6-7-8-9-10-11-12-13-14-15(16(17)20-2)22(18,19)21-3;;/h15H,4-14H2,1-3H3;;. The predicted molar refractivity (Wildman–Crippen MR) is 95.3 cm³/mol. The van der Waals surface area contributed by atoms with Gasteiger partial charge in [0.05, 0.1) is 14.2 Å². The SMILES string of the molecule is CCCCCCCCCCCCC(C(=O)OC)S(=O)(=O)OC.[NaH]. The first kappa shape index (κ1) is 25.6. The first-order valence-corrected chi connectivity index (χ1v) is 9.84. The van der Waals surface area contributed by atoms with Crippen molar-refractivity contribution in [3.8, 4) is 0 Å². The molecule has 0 radical (unpaired) electrons. The molecule has 5 nitrogen and oxygen atoms in total. The van der Waals surface area contributed by atoms with E-state index in [1.165, 1.54) is 52.1 Å². The fraction of sp³-hybridized carbons (Fsp3) is 0.938. The monoisotopic (exact) mass is 360 g/mol. The van der Waals surface area contributed by atoms with Gasteiger partial charge in [0.25, 0.3) is 10.1 Å². The topological polar surface area (TPSA) is 69.7 Å². The Balaban J connectivity index is 0. The van der Waals surface area contributed by atoms with Crippen LogP contribution in [0, 0.1) is 0 Å². The molecule has 0 N–H and O–H groups in total. The van der Waals surface area contributed by atoms with Crippen LogP contribution in [0.25, 0.3) is 0 Å². The molecular weight excluding hydrogens is 327 g/mol. The molecule has 0 rings (SSSR count). The summed E-state index contributed by atoms with van der Waals surface area (Å²) in [6.07, 6.45) is 11.9. The van der Waals surface area contributed by atoms with E-state index in [-0.39, 0.29) is 36.0 Å². The van der Waals surface area contributed by atoms with Crippen LogP contribution in [0.15, 0.2) is 0 Å². The molecule has 1 unspecified atom stereocenters. The van der Waals surface area contributed by atoms with Crippen molar-refractivity contribution in [1.29, 1.82) is 0 Å². The van der Waals surface area contributed by atoms with E-state index in [9.17, 15) is 13.2 Å². The Kier molecular flexibility index (Phi) is 17.7. The molecule has 0 bridgehead atoms. The third-order valence-corrected chi connectivity index (χ3v) is 5.45. The summed E-state index contributed by atoms with van der Waals surface area (Å²) in [6, 6.07) is 0. The number of rotatable bonds is 14. The third kappa shape index (κ3) is 12.4. The van der Waals surface area contributed by atoms with Gasteiger partial charge in [-0.1, -0.05) is 71.1 Å². The summed E-state index contributed by atoms with van der Waals surface area (Å²) in [4.78, 5) is 11.5. The van der Waals surface area contributed by atoms with E-state index in [0.717, 1.165) is 20.0 Å². The number of hydrogen-bond donors (Lipinski definition) is 0. The van der Waals surface area contributed by atoms with Gasteiger partial charge in [-0.15, -0.1) is 0 Å². The second-order valence-corrected chi connectivity index (χ2v) is 7.53. The van der Waals surface area contributed by atoms with Crippen LogP contribution in [0.4, 0.5) is 0 Å². The zero-order valence-corrected chi connectivity index (χ0v) is 15.1. The van der Waals surface area contributed by atoms with E-state index in [4.69, 9.17) is 0 Å². The van der Waals surface area contributed by atoms with E-state index in [2.05, 4.69) is 15.8 Å². The van der Waals surface area contributed by atoms with Gasteiger partial charge >= 0.3 is 35.5 Å². The molecule has 1 atom stereocenters. The molecule has 0 aromatic heterocycles. The molecule has 0 aliphatic carbocycles. The van der Waals surface area contributed by atoms with Crippen LogP contribution < -0.4 is 0 Å². The zero-order chi connectivity index (χ0) is 16.8. The Labute approximate surface area is 164 Å². The summed E-state index contributed by atoms with van der Waals surface area (Å²) in [5, 5.41) is -1.20. The van der Waals surface area contributed by atoms with E-state index in [1.807, 2.05) is 0 Å². The van der Waals surface area contributed by atoms with Crippen molar-refractivity contribution in [3.05, 3.63) is 0 Å². The second kappa shape index (κ2) is 15.9. The van der Waals surface area contributed by atoms with Gasteiger partial charge in [-0.05, 0) is 6.42 Å². The Morgan fingerprint density at radius 3 is 1.70 bits per heavy atom. The van der Waals surface area contributed by atoms with Crippen molar-refractivity contribution in [2.75, 3.05) is 14.2 Å². The molecule has 0 spiro atoms. The number of hydrogen-bond acceptors (Lipinski definition) is 5. The number of carbonyl (C=O) groups excluding carboxylic acids is 1. The van der Waals surface area contributed by atoms with Gasteiger partial charge in [0.1, 0.15) is 0 Å². The maximum absolute atomic E-state index is 11.7. The minimum absolute atomic E-state index is 0. The predicted octanol–water partition coefficient (Wildman–Crippen LogP) is 3.17. The van der Waals surface area contributed by atoms with Crippen LogP contribution in [0.3, 0.4) is 0 Å². The number of unbranched alkanes of at least 4 members (excludes halogenated alkanes) is 9. The summed E-state index contributed by atoms with van der Waals surface area (Å²) >= 11 is 0. The van der Waals surface area contributed by atoms with Crippen LogP contribution in [-0.2, 0) is 23.8 Å². The first-order valence-electron chi connectivity index (χ1n) is 8.36.